The minimum atomic E-state index is -3.79. The second-order valence-electron chi connectivity index (χ2n) is 4.81. The Hall–Kier alpha value is -0.350. The van der Waals surface area contributed by atoms with E-state index in [-0.39, 0.29) is 5.75 Å². The second-order valence-corrected chi connectivity index (χ2v) is 6.38. The monoisotopic (exact) mass is 276 g/mol. The highest BCUT2D eigenvalue weighted by molar-refractivity contribution is 7.85. The molecule has 0 saturated carbocycles. The molecule has 0 aromatic heterocycles. The van der Waals surface area contributed by atoms with Gasteiger partial charge in [-0.05, 0) is 19.3 Å². The van der Waals surface area contributed by atoms with E-state index in [1.165, 1.54) is 51.4 Å². The Bertz CT molecular complexity index is 294. The van der Waals surface area contributed by atoms with Crippen LogP contribution in [0, 0.1) is 0 Å². The van der Waals surface area contributed by atoms with Gasteiger partial charge in [0.05, 0.1) is 5.75 Å². The standard InChI is InChI=1S/C14H28O3S/c1-2-3-4-5-6-7-8-9-10-11-12-13-14-18(15,16)17/h11-12H,2-10,13-14H2,1H3,(H,15,16,17). The third kappa shape index (κ3) is 15.6. The zero-order valence-corrected chi connectivity index (χ0v) is 12.4. The second kappa shape index (κ2) is 11.7. The zero-order chi connectivity index (χ0) is 13.7. The van der Waals surface area contributed by atoms with Gasteiger partial charge < -0.3 is 0 Å². The average Bonchev–Trinajstić information content (AvgIpc) is 2.29. The fraction of sp³-hybridized carbons (Fsp3) is 0.857. The van der Waals surface area contributed by atoms with Crippen molar-refractivity contribution in [3.63, 3.8) is 0 Å². The van der Waals surface area contributed by atoms with E-state index in [0.29, 0.717) is 6.42 Å². The molecular weight excluding hydrogens is 248 g/mol. The van der Waals surface area contributed by atoms with Gasteiger partial charge in [-0.15, -0.1) is 0 Å². The number of hydrogen-bond donors (Lipinski definition) is 1. The Morgan fingerprint density at radius 1 is 0.833 bits per heavy atom. The van der Waals surface area contributed by atoms with Crippen LogP contribution < -0.4 is 0 Å². The van der Waals surface area contributed by atoms with Crippen molar-refractivity contribution < 1.29 is 13.0 Å². The third-order valence-electron chi connectivity index (χ3n) is 2.93. The van der Waals surface area contributed by atoms with E-state index in [1.54, 1.807) is 0 Å². The summed E-state index contributed by atoms with van der Waals surface area (Å²) in [7, 11) is -3.79. The van der Waals surface area contributed by atoms with Crippen molar-refractivity contribution in [1.29, 1.82) is 0 Å². The first kappa shape index (κ1) is 17.6. The minimum absolute atomic E-state index is 0.166. The van der Waals surface area contributed by atoms with Crippen LogP contribution in [0.15, 0.2) is 12.2 Å². The maximum Gasteiger partial charge on any atom is 0.265 e. The van der Waals surface area contributed by atoms with Crippen molar-refractivity contribution in [3.8, 4) is 0 Å². The summed E-state index contributed by atoms with van der Waals surface area (Å²) >= 11 is 0. The predicted molar refractivity (Wildman–Crippen MR) is 77.4 cm³/mol. The maximum absolute atomic E-state index is 10.4. The average molecular weight is 276 g/mol. The smallest absolute Gasteiger partial charge is 0.265 e. The Labute approximate surface area is 112 Å². The van der Waals surface area contributed by atoms with Crippen LogP contribution in [0.2, 0.25) is 0 Å². The van der Waals surface area contributed by atoms with Gasteiger partial charge in [-0.1, -0.05) is 64.0 Å². The quantitative estimate of drug-likeness (QED) is 0.327. The van der Waals surface area contributed by atoms with E-state index < -0.39 is 10.1 Å². The van der Waals surface area contributed by atoms with Gasteiger partial charge in [0.2, 0.25) is 0 Å². The lowest BCUT2D eigenvalue weighted by Gasteiger charge is -1.99. The van der Waals surface area contributed by atoms with Crippen LogP contribution in [-0.4, -0.2) is 18.7 Å². The molecule has 0 radical (unpaired) electrons. The topological polar surface area (TPSA) is 54.4 Å². The van der Waals surface area contributed by atoms with E-state index in [9.17, 15) is 8.42 Å². The normalized spacial score (nSPS) is 12.3. The molecule has 4 heteroatoms. The molecule has 18 heavy (non-hydrogen) atoms. The molecule has 0 aliphatic carbocycles. The molecular formula is C14H28O3S. The van der Waals surface area contributed by atoms with E-state index in [2.05, 4.69) is 6.92 Å². The molecule has 108 valence electrons. The van der Waals surface area contributed by atoms with Gasteiger partial charge in [-0.25, -0.2) is 0 Å². The third-order valence-corrected chi connectivity index (χ3v) is 3.69. The summed E-state index contributed by atoms with van der Waals surface area (Å²) in [4.78, 5) is 0. The molecule has 0 spiro atoms. The van der Waals surface area contributed by atoms with Crippen LogP contribution in [0.25, 0.3) is 0 Å². The number of unbranched alkanes of at least 4 members (excludes halogenated alkanes) is 8. The van der Waals surface area contributed by atoms with Crippen molar-refractivity contribution in [2.45, 2.75) is 71.1 Å². The molecule has 0 unspecified atom stereocenters. The largest absolute Gasteiger partial charge is 0.286 e. The molecule has 3 nitrogen and oxygen atoms in total. The Balaban J connectivity index is 3.18. The zero-order valence-electron chi connectivity index (χ0n) is 11.6. The summed E-state index contributed by atoms with van der Waals surface area (Å²) < 4.78 is 29.4. The molecule has 0 aromatic carbocycles. The molecule has 0 aliphatic heterocycles. The summed E-state index contributed by atoms with van der Waals surface area (Å²) in [5, 5.41) is 0. The molecule has 0 atom stereocenters. The molecule has 0 amide bonds. The lowest BCUT2D eigenvalue weighted by atomic mass is 10.1. The highest BCUT2D eigenvalue weighted by Crippen LogP contribution is 2.09. The summed E-state index contributed by atoms with van der Waals surface area (Å²) in [6, 6.07) is 0. The SMILES string of the molecule is CCCCCCCCCCC=CCCS(=O)(=O)O. The highest BCUT2D eigenvalue weighted by atomic mass is 32.2. The summed E-state index contributed by atoms with van der Waals surface area (Å²) in [5.41, 5.74) is 0. The van der Waals surface area contributed by atoms with Crippen molar-refractivity contribution in [2.24, 2.45) is 0 Å². The Morgan fingerprint density at radius 3 is 1.89 bits per heavy atom. The molecule has 0 bridgehead atoms. The van der Waals surface area contributed by atoms with Crippen LogP contribution in [0.3, 0.4) is 0 Å². The van der Waals surface area contributed by atoms with E-state index in [1.807, 2.05) is 12.2 Å². The van der Waals surface area contributed by atoms with E-state index >= 15 is 0 Å². The minimum Gasteiger partial charge on any atom is -0.286 e. The molecule has 0 rings (SSSR count). The molecule has 0 aromatic rings. The molecule has 1 N–H and O–H groups in total. The fourth-order valence-corrected chi connectivity index (χ4v) is 2.28. The van der Waals surface area contributed by atoms with Gasteiger partial charge in [0.1, 0.15) is 0 Å². The van der Waals surface area contributed by atoms with E-state index in [4.69, 9.17) is 4.55 Å². The van der Waals surface area contributed by atoms with Crippen molar-refractivity contribution >= 4 is 10.1 Å². The fourth-order valence-electron chi connectivity index (χ4n) is 1.85. The predicted octanol–water partition coefficient (Wildman–Crippen LogP) is 4.35. The van der Waals surface area contributed by atoms with Gasteiger partial charge >= 0.3 is 0 Å². The van der Waals surface area contributed by atoms with Crippen molar-refractivity contribution in [2.75, 3.05) is 5.75 Å². The number of hydrogen-bond acceptors (Lipinski definition) is 2. The van der Waals surface area contributed by atoms with Crippen LogP contribution >= 0.6 is 0 Å². The molecule has 0 heterocycles. The number of rotatable bonds is 12. The van der Waals surface area contributed by atoms with Crippen LogP contribution in [0.1, 0.15) is 71.1 Å². The summed E-state index contributed by atoms with van der Waals surface area (Å²) in [6.45, 7) is 2.23. The first-order valence-corrected chi connectivity index (χ1v) is 8.77. The molecule has 0 aliphatic rings. The van der Waals surface area contributed by atoms with Crippen LogP contribution in [0.4, 0.5) is 0 Å². The Morgan fingerprint density at radius 2 is 1.33 bits per heavy atom. The van der Waals surface area contributed by atoms with Gasteiger partial charge in [-0.3, -0.25) is 4.55 Å². The van der Waals surface area contributed by atoms with Gasteiger partial charge in [0, 0.05) is 0 Å². The first-order valence-electron chi connectivity index (χ1n) is 7.16. The highest BCUT2D eigenvalue weighted by Gasteiger charge is 2.00. The lowest BCUT2D eigenvalue weighted by Crippen LogP contribution is -2.01. The maximum atomic E-state index is 10.4. The van der Waals surface area contributed by atoms with Crippen molar-refractivity contribution in [1.82, 2.24) is 0 Å². The van der Waals surface area contributed by atoms with Crippen molar-refractivity contribution in [3.05, 3.63) is 12.2 Å². The van der Waals surface area contributed by atoms with Crippen LogP contribution in [0.5, 0.6) is 0 Å². The van der Waals surface area contributed by atoms with Gasteiger partial charge in [-0.2, -0.15) is 8.42 Å². The summed E-state index contributed by atoms with van der Waals surface area (Å²) in [5.74, 6) is -0.166. The first-order chi connectivity index (χ1) is 8.56. The lowest BCUT2D eigenvalue weighted by molar-refractivity contribution is 0.483. The van der Waals surface area contributed by atoms with E-state index in [0.717, 1.165) is 6.42 Å². The van der Waals surface area contributed by atoms with Gasteiger partial charge in [0.15, 0.2) is 0 Å². The Kier molecular flexibility index (Phi) is 11.5. The van der Waals surface area contributed by atoms with Gasteiger partial charge in [0.25, 0.3) is 10.1 Å². The molecule has 0 fully saturated rings. The van der Waals surface area contributed by atoms with Crippen LogP contribution in [-0.2, 0) is 10.1 Å². The number of allylic oxidation sites excluding steroid dienone is 2. The summed E-state index contributed by atoms with van der Waals surface area (Å²) in [6.07, 6.45) is 15.8. The molecule has 0 saturated heterocycles.